The van der Waals surface area contributed by atoms with E-state index in [1.807, 2.05) is 0 Å². The van der Waals surface area contributed by atoms with Crippen LogP contribution in [0, 0.1) is 0 Å². The first-order valence-corrected chi connectivity index (χ1v) is 5.04. The Morgan fingerprint density at radius 3 is 2.73 bits per heavy atom. The molecule has 1 fully saturated rings. The molecule has 1 amide bonds. The molecule has 1 atom stereocenters. The second-order valence-electron chi connectivity index (χ2n) is 3.72. The first-order chi connectivity index (χ1) is 6.97. The van der Waals surface area contributed by atoms with Crippen LogP contribution in [-0.2, 0) is 4.79 Å². The number of carbonyl (C=O) groups is 1. The molecule has 15 heavy (non-hydrogen) atoms. The van der Waals surface area contributed by atoms with Crippen LogP contribution >= 0.6 is 0 Å². The topological polar surface area (TPSA) is 41.1 Å². The highest BCUT2D eigenvalue weighted by Gasteiger charge is 2.30. The second-order valence-corrected chi connectivity index (χ2v) is 3.72. The Morgan fingerprint density at radius 2 is 2.20 bits per heavy atom. The van der Waals surface area contributed by atoms with Gasteiger partial charge in [-0.25, -0.2) is 0 Å². The Morgan fingerprint density at radius 1 is 1.47 bits per heavy atom. The van der Waals surface area contributed by atoms with Crippen molar-refractivity contribution in [3.05, 3.63) is 0 Å². The molecular weight excluding hydrogens is 209 g/mol. The van der Waals surface area contributed by atoms with Crippen molar-refractivity contribution in [3.63, 3.8) is 0 Å². The fourth-order valence-corrected chi connectivity index (χ4v) is 1.63. The van der Waals surface area contributed by atoms with E-state index in [2.05, 4.69) is 10.6 Å². The number of amides is 1. The van der Waals surface area contributed by atoms with Crippen molar-refractivity contribution < 1.29 is 18.0 Å². The average Bonchev–Trinajstić information content (AvgIpc) is 2.53. The summed E-state index contributed by atoms with van der Waals surface area (Å²) >= 11 is 0. The number of nitrogens with one attached hydrogen (secondary N) is 2. The molecule has 0 aromatic rings. The monoisotopic (exact) mass is 224 g/mol. The summed E-state index contributed by atoms with van der Waals surface area (Å²) in [4.78, 5) is 10.8. The van der Waals surface area contributed by atoms with Crippen molar-refractivity contribution in [1.29, 1.82) is 0 Å². The minimum Gasteiger partial charge on any atom is -0.356 e. The molecule has 1 rings (SSSR count). The molecule has 1 aliphatic heterocycles. The first-order valence-electron chi connectivity index (χ1n) is 5.04. The highest BCUT2D eigenvalue weighted by molar-refractivity contribution is 5.76. The van der Waals surface area contributed by atoms with Crippen LogP contribution < -0.4 is 10.6 Å². The van der Waals surface area contributed by atoms with Gasteiger partial charge in [0.05, 0.1) is 0 Å². The number of hydrogen-bond acceptors (Lipinski definition) is 2. The van der Waals surface area contributed by atoms with E-state index < -0.39 is 18.5 Å². The minimum atomic E-state index is -4.41. The lowest BCUT2D eigenvalue weighted by molar-refractivity contribution is -0.153. The number of halogens is 3. The summed E-state index contributed by atoms with van der Waals surface area (Å²) in [5.74, 6) is -0.944. The lowest BCUT2D eigenvalue weighted by atomic mass is 10.1. The Labute approximate surface area is 86.4 Å². The van der Waals surface area contributed by atoms with E-state index in [1.54, 1.807) is 0 Å². The quantitative estimate of drug-likeness (QED) is 0.753. The van der Waals surface area contributed by atoms with Gasteiger partial charge in [-0.05, 0) is 25.8 Å². The first kappa shape index (κ1) is 12.3. The van der Waals surface area contributed by atoms with Crippen LogP contribution in [0.5, 0.6) is 0 Å². The molecule has 88 valence electrons. The van der Waals surface area contributed by atoms with Crippen LogP contribution in [0.3, 0.4) is 0 Å². The highest BCUT2D eigenvalue weighted by atomic mass is 19.4. The third kappa shape index (κ3) is 5.61. The van der Waals surface area contributed by atoms with Gasteiger partial charge in [0.15, 0.2) is 0 Å². The summed E-state index contributed by atoms with van der Waals surface area (Å²) in [6, 6.07) is 0.344. The van der Waals surface area contributed by atoms with Crippen LogP contribution in [0.2, 0.25) is 0 Å². The second kappa shape index (κ2) is 5.34. The summed E-state index contributed by atoms with van der Waals surface area (Å²) in [7, 11) is 0. The maximum absolute atomic E-state index is 11.8. The summed E-state index contributed by atoms with van der Waals surface area (Å²) in [6.45, 7) is 1.27. The zero-order chi connectivity index (χ0) is 11.3. The van der Waals surface area contributed by atoms with Gasteiger partial charge in [-0.2, -0.15) is 13.2 Å². The van der Waals surface area contributed by atoms with E-state index in [9.17, 15) is 18.0 Å². The summed E-state index contributed by atoms with van der Waals surface area (Å²) < 4.78 is 35.3. The van der Waals surface area contributed by atoms with Gasteiger partial charge >= 0.3 is 6.18 Å². The molecule has 0 aromatic carbocycles. The predicted octanol–water partition coefficient (Wildman–Crippen LogP) is 1.20. The van der Waals surface area contributed by atoms with Crippen molar-refractivity contribution in [2.75, 3.05) is 13.1 Å². The Bertz CT molecular complexity index is 212. The zero-order valence-corrected chi connectivity index (χ0v) is 8.36. The van der Waals surface area contributed by atoms with Crippen molar-refractivity contribution in [1.82, 2.24) is 10.6 Å². The largest absolute Gasteiger partial charge is 0.397 e. The molecule has 1 heterocycles. The molecule has 6 heteroatoms. The number of alkyl halides is 3. The normalized spacial score (nSPS) is 21.7. The van der Waals surface area contributed by atoms with Gasteiger partial charge in [0.2, 0.25) is 5.91 Å². The zero-order valence-electron chi connectivity index (χ0n) is 8.36. The molecule has 0 aromatic heterocycles. The van der Waals surface area contributed by atoms with Crippen molar-refractivity contribution in [3.8, 4) is 0 Å². The summed E-state index contributed by atoms with van der Waals surface area (Å²) in [5, 5.41) is 5.47. The SMILES string of the molecule is O=C(CC(F)(F)F)NCCC1CCCN1. The molecule has 1 aliphatic rings. The Hall–Kier alpha value is -0.780. The molecule has 1 unspecified atom stereocenters. The lowest BCUT2D eigenvalue weighted by Gasteiger charge is -2.11. The molecule has 2 N–H and O–H groups in total. The third-order valence-corrected chi connectivity index (χ3v) is 2.34. The van der Waals surface area contributed by atoms with Gasteiger partial charge in [-0.3, -0.25) is 4.79 Å². The van der Waals surface area contributed by atoms with Crippen molar-refractivity contribution in [2.24, 2.45) is 0 Å². The molecular formula is C9H15F3N2O. The van der Waals surface area contributed by atoms with E-state index in [1.165, 1.54) is 0 Å². The van der Waals surface area contributed by atoms with Gasteiger partial charge in [-0.15, -0.1) is 0 Å². The fraction of sp³-hybridized carbons (Fsp3) is 0.889. The maximum atomic E-state index is 11.8. The van der Waals surface area contributed by atoms with E-state index >= 15 is 0 Å². The van der Waals surface area contributed by atoms with Crippen LogP contribution in [0.15, 0.2) is 0 Å². The number of carbonyl (C=O) groups excluding carboxylic acids is 1. The summed E-state index contributed by atoms with van der Waals surface area (Å²) in [6.07, 6.45) is -2.96. The van der Waals surface area contributed by atoms with Gasteiger partial charge < -0.3 is 10.6 Å². The van der Waals surface area contributed by atoms with E-state index in [0.717, 1.165) is 19.4 Å². The van der Waals surface area contributed by atoms with E-state index in [-0.39, 0.29) is 0 Å². The van der Waals surface area contributed by atoms with Crippen LogP contribution in [-0.4, -0.2) is 31.2 Å². The lowest BCUT2D eigenvalue weighted by Crippen LogP contribution is -2.32. The van der Waals surface area contributed by atoms with Crippen LogP contribution in [0.4, 0.5) is 13.2 Å². The standard InChI is InChI=1S/C9H15F3N2O/c10-9(11,12)6-8(15)14-5-3-7-2-1-4-13-7/h7,13H,1-6H2,(H,14,15). The molecule has 0 spiro atoms. The Balaban J connectivity index is 2.06. The van der Waals surface area contributed by atoms with E-state index in [0.29, 0.717) is 19.0 Å². The van der Waals surface area contributed by atoms with Crippen LogP contribution in [0.25, 0.3) is 0 Å². The molecule has 0 bridgehead atoms. The maximum Gasteiger partial charge on any atom is 0.397 e. The van der Waals surface area contributed by atoms with E-state index in [4.69, 9.17) is 0 Å². The van der Waals surface area contributed by atoms with Crippen molar-refractivity contribution in [2.45, 2.75) is 37.9 Å². The van der Waals surface area contributed by atoms with Gasteiger partial charge in [-0.1, -0.05) is 0 Å². The minimum absolute atomic E-state index is 0.312. The molecule has 1 saturated heterocycles. The predicted molar refractivity (Wildman–Crippen MR) is 49.3 cm³/mol. The Kier molecular flexibility index (Phi) is 4.38. The number of hydrogen-bond donors (Lipinski definition) is 2. The van der Waals surface area contributed by atoms with Crippen molar-refractivity contribution >= 4 is 5.91 Å². The van der Waals surface area contributed by atoms with Gasteiger partial charge in [0.1, 0.15) is 6.42 Å². The number of rotatable bonds is 4. The smallest absolute Gasteiger partial charge is 0.356 e. The third-order valence-electron chi connectivity index (χ3n) is 2.34. The van der Waals surface area contributed by atoms with Gasteiger partial charge in [0.25, 0.3) is 0 Å². The van der Waals surface area contributed by atoms with Gasteiger partial charge in [0, 0.05) is 12.6 Å². The average molecular weight is 224 g/mol. The molecule has 3 nitrogen and oxygen atoms in total. The highest BCUT2D eigenvalue weighted by Crippen LogP contribution is 2.18. The molecule has 0 aliphatic carbocycles. The summed E-state index contributed by atoms with van der Waals surface area (Å²) in [5.41, 5.74) is 0. The molecule has 0 saturated carbocycles. The van der Waals surface area contributed by atoms with Crippen LogP contribution in [0.1, 0.15) is 25.7 Å². The molecule has 0 radical (unpaired) electrons. The fourth-order valence-electron chi connectivity index (χ4n) is 1.63.